The Kier molecular flexibility index (Phi) is 10.4. The fourth-order valence-corrected chi connectivity index (χ4v) is 8.40. The number of rotatable bonds is 10. The first-order valence-electron chi connectivity index (χ1n) is 20.9. The van der Waals surface area contributed by atoms with Gasteiger partial charge in [0.2, 0.25) is 0 Å². The van der Waals surface area contributed by atoms with E-state index in [0.29, 0.717) is 11.1 Å². The lowest BCUT2D eigenvalue weighted by Crippen LogP contribution is -2.36. The van der Waals surface area contributed by atoms with E-state index in [9.17, 15) is 9.59 Å². The van der Waals surface area contributed by atoms with Crippen molar-refractivity contribution in [3.63, 3.8) is 0 Å². The summed E-state index contributed by atoms with van der Waals surface area (Å²) in [6.07, 6.45) is 0. The molecule has 2 heterocycles. The van der Waals surface area contributed by atoms with Crippen LogP contribution in [-0.2, 0) is 9.59 Å². The van der Waals surface area contributed by atoms with Crippen molar-refractivity contribution in [2.24, 2.45) is 0 Å². The minimum Gasteiger partial charge on any atom is -0.311 e. The molecule has 0 aromatic heterocycles. The summed E-state index contributed by atoms with van der Waals surface area (Å²) in [5, 5.41) is 0. The highest BCUT2D eigenvalue weighted by Gasteiger charge is 2.52. The summed E-state index contributed by atoms with van der Waals surface area (Å²) < 4.78 is 0. The maximum absolute atomic E-state index is 15.2. The number of carbonyl (C=O) groups is 4. The normalized spacial score (nSPS) is 13.3. The molecule has 0 saturated heterocycles. The van der Waals surface area contributed by atoms with Gasteiger partial charge in [0.15, 0.2) is 0 Å². The van der Waals surface area contributed by atoms with Gasteiger partial charge in [0.1, 0.15) is 0 Å². The second-order valence-corrected chi connectivity index (χ2v) is 15.2. The fraction of sp³-hybridized carbons (Fsp3) is 0. The van der Waals surface area contributed by atoms with Gasteiger partial charge in [0.25, 0.3) is 23.6 Å². The Labute approximate surface area is 370 Å². The van der Waals surface area contributed by atoms with E-state index in [0.717, 1.165) is 43.9 Å². The van der Waals surface area contributed by atoms with Crippen LogP contribution in [0, 0.1) is 0 Å². The Balaban J connectivity index is 1.16. The molecule has 8 aromatic carbocycles. The summed E-state index contributed by atoms with van der Waals surface area (Å²) in [5.74, 6) is -2.61. The van der Waals surface area contributed by atoms with Crippen molar-refractivity contribution in [2.75, 3.05) is 9.80 Å². The molecule has 0 atom stereocenters. The van der Waals surface area contributed by atoms with Crippen LogP contribution in [0.4, 0.5) is 34.1 Å². The van der Waals surface area contributed by atoms with Gasteiger partial charge in [-0.15, -0.1) is 0 Å². The van der Waals surface area contributed by atoms with Crippen LogP contribution in [0.3, 0.4) is 0 Å². The standard InChI is InChI=1S/C56H38N4O4/c61-53(41-19-7-1-8-20-41)59-51(39-31-35-47(36-32-39)57(43-23-11-3-12-24-43)44-25-13-4-14-26-44)49-50(55(59)63)52(60(56(49)64)54(62)42-21-9-2-10-22-42)40-33-37-48(38-34-40)58(45-27-15-5-16-28-45)46-29-17-6-18-30-46/h1-38H. The Bertz CT molecular complexity index is 2790. The predicted molar refractivity (Wildman–Crippen MR) is 251 cm³/mol. The number of para-hydroxylation sites is 4. The van der Waals surface area contributed by atoms with E-state index >= 15 is 9.59 Å². The van der Waals surface area contributed by atoms with Crippen molar-refractivity contribution >= 4 is 69.1 Å². The van der Waals surface area contributed by atoms with Crippen LogP contribution < -0.4 is 9.80 Å². The Morgan fingerprint density at radius 2 is 0.531 bits per heavy atom. The number of fused-ring (bicyclic) bond motifs is 1. The van der Waals surface area contributed by atoms with E-state index in [-0.39, 0.29) is 33.7 Å². The zero-order valence-electron chi connectivity index (χ0n) is 34.4. The highest BCUT2D eigenvalue weighted by atomic mass is 16.2. The van der Waals surface area contributed by atoms with E-state index in [4.69, 9.17) is 0 Å². The lowest BCUT2D eigenvalue weighted by molar-refractivity contribution is -0.122. The largest absolute Gasteiger partial charge is 0.311 e. The van der Waals surface area contributed by atoms with Crippen LogP contribution in [0.15, 0.2) is 242 Å². The van der Waals surface area contributed by atoms with Crippen molar-refractivity contribution in [3.8, 4) is 0 Å². The number of hydrogen-bond donors (Lipinski definition) is 0. The van der Waals surface area contributed by atoms with Gasteiger partial charge < -0.3 is 9.80 Å². The van der Waals surface area contributed by atoms with Gasteiger partial charge in [-0.3, -0.25) is 19.2 Å². The Morgan fingerprint density at radius 3 is 0.797 bits per heavy atom. The zero-order valence-corrected chi connectivity index (χ0v) is 34.4. The molecule has 306 valence electrons. The van der Waals surface area contributed by atoms with Gasteiger partial charge in [-0.05, 0) is 108 Å². The quantitative estimate of drug-likeness (QED) is 0.128. The van der Waals surface area contributed by atoms with E-state index in [1.807, 2.05) is 170 Å². The van der Waals surface area contributed by atoms with Gasteiger partial charge in [-0.25, -0.2) is 9.80 Å². The second kappa shape index (κ2) is 16.9. The highest BCUT2D eigenvalue weighted by Crippen LogP contribution is 2.48. The zero-order chi connectivity index (χ0) is 43.6. The van der Waals surface area contributed by atoms with Crippen LogP contribution in [0.25, 0.3) is 11.4 Å². The second-order valence-electron chi connectivity index (χ2n) is 15.2. The minimum atomic E-state index is -0.705. The maximum atomic E-state index is 15.2. The molecule has 8 nitrogen and oxygen atoms in total. The average Bonchev–Trinajstić information content (AvgIpc) is 3.84. The summed E-state index contributed by atoms with van der Waals surface area (Å²) in [6.45, 7) is 0. The smallest absolute Gasteiger partial charge is 0.268 e. The molecule has 2 aliphatic heterocycles. The molecule has 0 aliphatic carbocycles. The van der Waals surface area contributed by atoms with E-state index in [1.165, 1.54) is 0 Å². The number of hydrogen-bond acceptors (Lipinski definition) is 6. The summed E-state index contributed by atoms with van der Waals surface area (Å²) in [7, 11) is 0. The Morgan fingerprint density at radius 1 is 0.297 bits per heavy atom. The van der Waals surface area contributed by atoms with Crippen LogP contribution in [0.1, 0.15) is 31.8 Å². The molecule has 0 spiro atoms. The monoisotopic (exact) mass is 830 g/mol. The van der Waals surface area contributed by atoms with Gasteiger partial charge in [0.05, 0.1) is 22.5 Å². The van der Waals surface area contributed by atoms with E-state index < -0.39 is 23.6 Å². The first-order chi connectivity index (χ1) is 31.5. The minimum absolute atomic E-state index is 0.0245. The van der Waals surface area contributed by atoms with Crippen LogP contribution in [-0.4, -0.2) is 33.4 Å². The first-order valence-corrected chi connectivity index (χ1v) is 20.9. The third kappa shape index (κ3) is 7.04. The van der Waals surface area contributed by atoms with Crippen molar-refractivity contribution < 1.29 is 19.2 Å². The molecule has 0 radical (unpaired) electrons. The van der Waals surface area contributed by atoms with Crippen molar-refractivity contribution in [2.45, 2.75) is 0 Å². The molecule has 0 fully saturated rings. The topological polar surface area (TPSA) is 81.2 Å². The summed E-state index contributed by atoms with van der Waals surface area (Å²) in [4.78, 5) is 66.1. The van der Waals surface area contributed by atoms with Gasteiger partial charge >= 0.3 is 0 Å². The van der Waals surface area contributed by atoms with Crippen molar-refractivity contribution in [3.05, 3.63) is 264 Å². The predicted octanol–water partition coefficient (Wildman–Crippen LogP) is 12.1. The van der Waals surface area contributed by atoms with E-state index in [2.05, 4.69) is 9.80 Å². The molecule has 64 heavy (non-hydrogen) atoms. The maximum Gasteiger partial charge on any atom is 0.268 e. The highest BCUT2D eigenvalue weighted by molar-refractivity contribution is 6.37. The Hall–Kier alpha value is -8.88. The molecule has 0 unspecified atom stereocenters. The number of nitrogens with zero attached hydrogens (tertiary/aromatic N) is 4. The molecule has 4 amide bonds. The van der Waals surface area contributed by atoms with Crippen molar-refractivity contribution in [1.29, 1.82) is 0 Å². The number of amides is 4. The molecule has 0 bridgehead atoms. The number of imide groups is 2. The van der Waals surface area contributed by atoms with Gasteiger partial charge in [-0.1, -0.05) is 133 Å². The SMILES string of the molecule is O=C1C2=C(c3ccc(N(c4ccccc4)c4ccccc4)cc3)N(C(=O)c3ccccc3)C(=O)C2=C(c2ccc(N(c3ccccc3)c3ccccc3)cc2)N1C(=O)c1ccccc1. The number of benzene rings is 8. The third-order valence-electron chi connectivity index (χ3n) is 11.3. The first kappa shape index (κ1) is 39.3. The molecule has 8 heteroatoms. The molecule has 0 saturated carbocycles. The van der Waals surface area contributed by atoms with Crippen LogP contribution in [0.2, 0.25) is 0 Å². The summed E-state index contributed by atoms with van der Waals surface area (Å²) in [5.41, 5.74) is 6.93. The molecule has 10 rings (SSSR count). The third-order valence-corrected chi connectivity index (χ3v) is 11.3. The molecular formula is C56H38N4O4. The van der Waals surface area contributed by atoms with Gasteiger partial charge in [0, 0.05) is 45.3 Å². The number of anilines is 6. The average molecular weight is 831 g/mol. The summed E-state index contributed by atoms with van der Waals surface area (Å²) in [6, 6.07) is 71.6. The summed E-state index contributed by atoms with van der Waals surface area (Å²) >= 11 is 0. The van der Waals surface area contributed by atoms with Gasteiger partial charge in [-0.2, -0.15) is 0 Å². The lowest BCUT2D eigenvalue weighted by atomic mass is 10.0. The number of carbonyl (C=O) groups excluding carboxylic acids is 4. The molecule has 8 aromatic rings. The molecular weight excluding hydrogens is 793 g/mol. The van der Waals surface area contributed by atoms with Crippen molar-refractivity contribution in [1.82, 2.24) is 9.80 Å². The molecule has 0 N–H and O–H groups in total. The van der Waals surface area contributed by atoms with Crippen LogP contribution in [0.5, 0.6) is 0 Å². The van der Waals surface area contributed by atoms with E-state index in [1.54, 1.807) is 60.7 Å². The lowest BCUT2D eigenvalue weighted by Gasteiger charge is -2.27. The fourth-order valence-electron chi connectivity index (χ4n) is 8.40. The molecule has 2 aliphatic rings. The van der Waals surface area contributed by atoms with Crippen LogP contribution >= 0.6 is 0 Å².